The van der Waals surface area contributed by atoms with Gasteiger partial charge >= 0.3 is 0 Å². The number of hydrogen-bond acceptors (Lipinski definition) is 3. The first-order valence-corrected chi connectivity index (χ1v) is 13.8. The predicted octanol–water partition coefficient (Wildman–Crippen LogP) is 6.33. The van der Waals surface area contributed by atoms with E-state index in [9.17, 15) is 0 Å². The average Bonchev–Trinajstić information content (AvgIpc) is 2.75. The van der Waals surface area contributed by atoms with E-state index in [4.69, 9.17) is 14.2 Å². The highest BCUT2D eigenvalue weighted by molar-refractivity contribution is 6.89. The summed E-state index contributed by atoms with van der Waals surface area (Å²) in [7, 11) is -1.69. The van der Waals surface area contributed by atoms with E-state index < -0.39 is 8.07 Å². The predicted molar refractivity (Wildman–Crippen MR) is 127 cm³/mol. The summed E-state index contributed by atoms with van der Waals surface area (Å²) >= 11 is 0. The molecule has 3 nitrogen and oxygen atoms in total. The molecule has 30 heavy (non-hydrogen) atoms. The summed E-state index contributed by atoms with van der Waals surface area (Å²) in [5.41, 5.74) is 1.12. The van der Waals surface area contributed by atoms with Gasteiger partial charge < -0.3 is 14.2 Å². The van der Waals surface area contributed by atoms with E-state index in [1.54, 1.807) is 0 Å². The van der Waals surface area contributed by atoms with Gasteiger partial charge in [-0.2, -0.15) is 0 Å². The van der Waals surface area contributed by atoms with Crippen LogP contribution in [0.4, 0.5) is 0 Å². The third kappa shape index (κ3) is 6.47. The first-order valence-electron chi connectivity index (χ1n) is 10.6. The molecule has 0 aliphatic carbocycles. The van der Waals surface area contributed by atoms with E-state index in [0.29, 0.717) is 6.61 Å². The lowest BCUT2D eigenvalue weighted by molar-refractivity contribution is 0.160. The molecule has 3 aromatic rings. The summed E-state index contributed by atoms with van der Waals surface area (Å²) in [6.07, 6.45) is 2.02. The second kappa shape index (κ2) is 10.5. The molecular formula is C26H32O3Si. The van der Waals surface area contributed by atoms with Crippen molar-refractivity contribution in [3.63, 3.8) is 0 Å². The molecule has 0 saturated carbocycles. The molecule has 4 heteroatoms. The smallest absolute Gasteiger partial charge is 0.127 e. The summed E-state index contributed by atoms with van der Waals surface area (Å²) in [4.78, 5) is 0. The number of hydrogen-bond donors (Lipinski definition) is 0. The zero-order valence-electron chi connectivity index (χ0n) is 18.4. The van der Waals surface area contributed by atoms with Crippen LogP contribution in [0.5, 0.6) is 17.2 Å². The summed E-state index contributed by atoms with van der Waals surface area (Å²) in [5.74, 6) is 2.61. The molecule has 1 unspecified atom stereocenters. The summed E-state index contributed by atoms with van der Waals surface area (Å²) in [5, 5.41) is 1.38. The van der Waals surface area contributed by atoms with Crippen LogP contribution in [-0.2, 0) is 11.3 Å². The first-order chi connectivity index (χ1) is 14.5. The second-order valence-corrected chi connectivity index (χ2v) is 12.9. The highest BCUT2D eigenvalue weighted by Gasteiger charge is 2.24. The van der Waals surface area contributed by atoms with Gasteiger partial charge in [-0.15, -0.1) is 0 Å². The maximum absolute atomic E-state index is 6.13. The topological polar surface area (TPSA) is 27.7 Å². The van der Waals surface area contributed by atoms with Crippen LogP contribution in [0.2, 0.25) is 13.1 Å². The summed E-state index contributed by atoms with van der Waals surface area (Å²) in [6, 6.07) is 26.5. The Morgan fingerprint density at radius 1 is 0.800 bits per heavy atom. The number of rotatable bonds is 10. The normalized spacial score (nSPS) is 12.4. The van der Waals surface area contributed by atoms with E-state index >= 15 is 0 Å². The van der Waals surface area contributed by atoms with Crippen molar-refractivity contribution in [3.8, 4) is 17.2 Å². The molecule has 0 spiro atoms. The van der Waals surface area contributed by atoms with Crippen molar-refractivity contribution >= 4 is 13.3 Å². The molecular weight excluding hydrogens is 388 g/mol. The van der Waals surface area contributed by atoms with Gasteiger partial charge in [-0.05, 0) is 55.3 Å². The Hall–Kier alpha value is -2.56. The Morgan fingerprint density at radius 2 is 1.50 bits per heavy atom. The van der Waals surface area contributed by atoms with Crippen LogP contribution < -0.4 is 14.7 Å². The van der Waals surface area contributed by atoms with E-state index in [2.05, 4.69) is 57.3 Å². The molecule has 3 rings (SSSR count). The van der Waals surface area contributed by atoms with Crippen LogP contribution in [0.3, 0.4) is 0 Å². The molecule has 0 bridgehead atoms. The Bertz CT molecular complexity index is 907. The second-order valence-electron chi connectivity index (χ2n) is 8.30. The van der Waals surface area contributed by atoms with Gasteiger partial charge in [-0.3, -0.25) is 0 Å². The van der Waals surface area contributed by atoms with Crippen LogP contribution in [0.15, 0.2) is 78.9 Å². The standard InChI is InChI=1S/C26H32O3Si/c1-5-21(2)28-24-14-16-26(17-15-24)30(3,4)20-27-19-22-10-9-13-25(18-22)29-23-11-7-6-8-12-23/h6-18,21H,5,19-20H2,1-4H3. The lowest BCUT2D eigenvalue weighted by atomic mass is 10.2. The summed E-state index contributed by atoms with van der Waals surface area (Å²) < 4.78 is 18.0. The SMILES string of the molecule is CCC(C)Oc1ccc([Si](C)(C)COCc2cccc(Oc3ccccc3)c2)cc1. The third-order valence-electron chi connectivity index (χ3n) is 5.16. The summed E-state index contributed by atoms with van der Waals surface area (Å²) in [6.45, 7) is 9.49. The van der Waals surface area contributed by atoms with Crippen molar-refractivity contribution in [1.82, 2.24) is 0 Å². The number of benzene rings is 3. The van der Waals surface area contributed by atoms with Crippen LogP contribution in [0.25, 0.3) is 0 Å². The Morgan fingerprint density at radius 3 is 2.20 bits per heavy atom. The lowest BCUT2D eigenvalue weighted by Crippen LogP contribution is -2.46. The molecule has 0 saturated heterocycles. The van der Waals surface area contributed by atoms with E-state index in [-0.39, 0.29) is 6.10 Å². The monoisotopic (exact) mass is 420 g/mol. The molecule has 0 N–H and O–H groups in total. The maximum Gasteiger partial charge on any atom is 0.127 e. The minimum atomic E-state index is -1.69. The molecule has 0 aromatic heterocycles. The van der Waals surface area contributed by atoms with Gasteiger partial charge in [0, 0.05) is 6.23 Å². The van der Waals surface area contributed by atoms with Crippen LogP contribution in [0.1, 0.15) is 25.8 Å². The fourth-order valence-electron chi connectivity index (χ4n) is 3.13. The average molecular weight is 421 g/mol. The van der Waals surface area contributed by atoms with Crippen molar-refractivity contribution in [2.75, 3.05) is 6.23 Å². The van der Waals surface area contributed by atoms with Gasteiger partial charge in [0.25, 0.3) is 0 Å². The van der Waals surface area contributed by atoms with Gasteiger partial charge in [0.05, 0.1) is 12.7 Å². The number of para-hydroxylation sites is 1. The van der Waals surface area contributed by atoms with E-state index in [0.717, 1.165) is 35.5 Å². The molecule has 1 atom stereocenters. The van der Waals surface area contributed by atoms with Gasteiger partial charge in [0.15, 0.2) is 0 Å². The maximum atomic E-state index is 6.13. The fourth-order valence-corrected chi connectivity index (χ4v) is 4.98. The minimum Gasteiger partial charge on any atom is -0.491 e. The first kappa shape index (κ1) is 22.1. The zero-order valence-corrected chi connectivity index (χ0v) is 19.4. The lowest BCUT2D eigenvalue weighted by Gasteiger charge is -2.23. The van der Waals surface area contributed by atoms with Crippen LogP contribution in [0, 0.1) is 0 Å². The molecule has 0 aliphatic heterocycles. The highest BCUT2D eigenvalue weighted by atomic mass is 28.3. The molecule has 0 radical (unpaired) electrons. The van der Waals surface area contributed by atoms with Crippen LogP contribution >= 0.6 is 0 Å². The fraction of sp³-hybridized carbons (Fsp3) is 0.308. The van der Waals surface area contributed by atoms with Gasteiger partial charge in [-0.1, -0.05) is 67.7 Å². The molecule has 0 amide bonds. The largest absolute Gasteiger partial charge is 0.491 e. The molecule has 0 aliphatic rings. The van der Waals surface area contributed by atoms with Crippen molar-refractivity contribution in [2.45, 2.75) is 46.1 Å². The third-order valence-corrected chi connectivity index (χ3v) is 7.98. The molecule has 0 heterocycles. The van der Waals surface area contributed by atoms with E-state index in [1.165, 1.54) is 5.19 Å². The molecule has 3 aromatic carbocycles. The van der Waals surface area contributed by atoms with Gasteiger partial charge in [-0.25, -0.2) is 0 Å². The number of ether oxygens (including phenoxy) is 3. The van der Waals surface area contributed by atoms with Gasteiger partial charge in [0.2, 0.25) is 0 Å². The van der Waals surface area contributed by atoms with E-state index in [1.807, 2.05) is 48.5 Å². The van der Waals surface area contributed by atoms with Crippen molar-refractivity contribution in [3.05, 3.63) is 84.4 Å². The Kier molecular flexibility index (Phi) is 7.72. The van der Waals surface area contributed by atoms with Crippen molar-refractivity contribution in [1.29, 1.82) is 0 Å². The van der Waals surface area contributed by atoms with Crippen molar-refractivity contribution in [2.24, 2.45) is 0 Å². The molecule has 158 valence electrons. The zero-order chi connectivity index (χ0) is 21.4. The van der Waals surface area contributed by atoms with Crippen molar-refractivity contribution < 1.29 is 14.2 Å². The highest BCUT2D eigenvalue weighted by Crippen LogP contribution is 2.22. The Balaban J connectivity index is 1.54. The quantitative estimate of drug-likeness (QED) is 0.359. The Labute approximate surface area is 181 Å². The van der Waals surface area contributed by atoms with Gasteiger partial charge in [0.1, 0.15) is 25.3 Å². The minimum absolute atomic E-state index is 0.242. The van der Waals surface area contributed by atoms with Crippen LogP contribution in [-0.4, -0.2) is 20.4 Å². The molecule has 0 fully saturated rings.